The van der Waals surface area contributed by atoms with Gasteiger partial charge in [-0.05, 0) is 30.3 Å². The van der Waals surface area contributed by atoms with Crippen LogP contribution < -0.4 is 4.90 Å². The molecule has 6 rings (SSSR count). The van der Waals surface area contributed by atoms with Crippen molar-refractivity contribution in [2.24, 2.45) is 0 Å². The van der Waals surface area contributed by atoms with E-state index in [1.54, 1.807) is 23.1 Å². The zero-order valence-corrected chi connectivity index (χ0v) is 19.0. The van der Waals surface area contributed by atoms with E-state index in [0.717, 1.165) is 5.39 Å². The van der Waals surface area contributed by atoms with E-state index in [4.69, 9.17) is 21.1 Å². The molecule has 3 aliphatic heterocycles. The first-order valence-corrected chi connectivity index (χ1v) is 11.6. The van der Waals surface area contributed by atoms with Crippen LogP contribution in [0.4, 0.5) is 5.82 Å². The van der Waals surface area contributed by atoms with Crippen molar-refractivity contribution in [2.45, 2.75) is 24.3 Å². The number of piperidine rings is 1. The number of aromatic nitrogens is 2. The van der Waals surface area contributed by atoms with E-state index >= 15 is 0 Å². The van der Waals surface area contributed by atoms with Crippen LogP contribution in [-0.4, -0.2) is 58.8 Å². The molecule has 3 aliphatic rings. The average molecular weight is 477 g/mol. The Balaban J connectivity index is 1.51. The Bertz CT molecular complexity index is 1340. The van der Waals surface area contributed by atoms with Crippen LogP contribution in [0, 0.1) is 0 Å². The highest BCUT2D eigenvalue weighted by atomic mass is 35.5. The van der Waals surface area contributed by atoms with E-state index in [1.165, 1.54) is 6.08 Å². The maximum absolute atomic E-state index is 13.8. The van der Waals surface area contributed by atoms with E-state index in [2.05, 4.69) is 14.9 Å². The summed E-state index contributed by atoms with van der Waals surface area (Å²) < 4.78 is 11.8. The fourth-order valence-corrected chi connectivity index (χ4v) is 5.50. The van der Waals surface area contributed by atoms with Gasteiger partial charge in [-0.25, -0.2) is 14.8 Å². The predicted octanol–water partition coefficient (Wildman–Crippen LogP) is 3.32. The summed E-state index contributed by atoms with van der Waals surface area (Å²) in [5.74, 6) is 1.51. The number of ether oxygens (including phenoxy) is 2. The van der Waals surface area contributed by atoms with Crippen molar-refractivity contribution < 1.29 is 19.1 Å². The topological polar surface area (TPSA) is 84.9 Å². The van der Waals surface area contributed by atoms with E-state index in [1.807, 2.05) is 36.3 Å². The smallest absolute Gasteiger partial charge is 0.262 e. The summed E-state index contributed by atoms with van der Waals surface area (Å²) in [6.45, 7) is 2.24. The highest BCUT2D eigenvalue weighted by Crippen LogP contribution is 2.47. The third-order valence-electron chi connectivity index (χ3n) is 6.91. The van der Waals surface area contributed by atoms with Gasteiger partial charge >= 0.3 is 0 Å². The number of carbonyl (C=O) groups is 1. The molecular weight excluding hydrogens is 456 g/mol. The number of benzene rings is 1. The first kappa shape index (κ1) is 21.4. The van der Waals surface area contributed by atoms with Gasteiger partial charge in [0.05, 0.1) is 13.2 Å². The minimum Gasteiger partial charge on any atom is -0.347 e. The van der Waals surface area contributed by atoms with Crippen LogP contribution in [-0.2, 0) is 19.9 Å². The minimum absolute atomic E-state index is 0.246. The van der Waals surface area contributed by atoms with E-state index in [-0.39, 0.29) is 5.91 Å². The maximum atomic E-state index is 13.8. The Morgan fingerprint density at radius 1 is 1.00 bits per heavy atom. The second-order valence-corrected chi connectivity index (χ2v) is 9.01. The van der Waals surface area contributed by atoms with Gasteiger partial charge in [-0.15, -0.1) is 0 Å². The summed E-state index contributed by atoms with van der Waals surface area (Å²) in [6, 6.07) is 14.5. The Morgan fingerprint density at radius 3 is 2.50 bits per heavy atom. The van der Waals surface area contributed by atoms with Crippen molar-refractivity contribution >= 4 is 40.3 Å². The number of nitrogens with zero attached hydrogens (tertiary/aromatic N) is 4. The number of hydrogen-bond acceptors (Lipinski definition) is 7. The second kappa shape index (κ2) is 7.98. The van der Waals surface area contributed by atoms with Crippen LogP contribution in [0.1, 0.15) is 28.8 Å². The number of carbonyl (C=O) groups excluding carboxylic acids is 2. The van der Waals surface area contributed by atoms with Crippen LogP contribution in [0.25, 0.3) is 11.0 Å². The first-order valence-electron chi connectivity index (χ1n) is 11.2. The van der Waals surface area contributed by atoms with Gasteiger partial charge in [-0.2, -0.15) is 0 Å². The van der Waals surface area contributed by atoms with E-state index in [9.17, 15) is 9.59 Å². The third kappa shape index (κ3) is 3.11. The number of pyridine rings is 2. The average Bonchev–Trinajstić information content (AvgIpc) is 3.41. The molecule has 0 saturated carbocycles. The zero-order chi connectivity index (χ0) is 23.3. The quantitative estimate of drug-likeness (QED) is 0.423. The maximum Gasteiger partial charge on any atom is 0.262 e. The van der Waals surface area contributed by atoms with E-state index < -0.39 is 11.4 Å². The number of hydrogen-bond donors (Lipinski definition) is 0. The molecule has 1 atom stereocenters. The number of halogens is 1. The van der Waals surface area contributed by atoms with Crippen molar-refractivity contribution in [3.05, 3.63) is 70.9 Å². The van der Waals surface area contributed by atoms with Crippen molar-refractivity contribution in [1.29, 1.82) is 0 Å². The molecule has 0 radical (unpaired) electrons. The molecule has 172 valence electrons. The van der Waals surface area contributed by atoms with Crippen molar-refractivity contribution in [2.75, 3.05) is 31.2 Å². The molecule has 9 heteroatoms. The van der Waals surface area contributed by atoms with Gasteiger partial charge in [0.1, 0.15) is 16.9 Å². The van der Waals surface area contributed by atoms with Crippen molar-refractivity contribution in [1.82, 2.24) is 14.9 Å². The van der Waals surface area contributed by atoms with Crippen LogP contribution in [0.2, 0.25) is 5.15 Å². The Labute approximate surface area is 200 Å². The lowest BCUT2D eigenvalue weighted by Crippen LogP contribution is -2.60. The SMILES string of the molecule is O=C=CC1(N2CCC3(CC2)OCCO3)c2ccccc2C(=O)N1c1ccc2ccc(Cl)nc2n1. The molecule has 34 heavy (non-hydrogen) atoms. The van der Waals surface area contributed by atoms with Crippen molar-refractivity contribution in [3.8, 4) is 0 Å². The summed E-state index contributed by atoms with van der Waals surface area (Å²) >= 11 is 6.10. The molecular formula is C25H21ClN4O4. The lowest BCUT2D eigenvalue weighted by atomic mass is 9.92. The van der Waals surface area contributed by atoms with Crippen LogP contribution in [0.3, 0.4) is 0 Å². The lowest BCUT2D eigenvalue weighted by molar-refractivity contribution is -0.190. The lowest BCUT2D eigenvalue weighted by Gasteiger charge is -2.48. The van der Waals surface area contributed by atoms with Gasteiger partial charge in [0.15, 0.2) is 17.1 Å². The zero-order valence-electron chi connectivity index (χ0n) is 18.2. The van der Waals surface area contributed by atoms with Gasteiger partial charge in [-0.3, -0.25) is 14.6 Å². The highest BCUT2D eigenvalue weighted by molar-refractivity contribution is 6.29. The van der Waals surface area contributed by atoms with Gasteiger partial charge in [-0.1, -0.05) is 29.8 Å². The Kier molecular flexibility index (Phi) is 5.02. The number of rotatable bonds is 3. The predicted molar refractivity (Wildman–Crippen MR) is 125 cm³/mol. The standard InChI is InChI=1S/C25H21ClN4O4/c26-20-7-5-17-6-8-21(28-22(17)27-20)30-23(32)18-3-1-2-4-19(18)25(30,11-14-31)29-12-9-24(10-13-29)33-15-16-34-24/h1-8,11H,9-10,12-13,15-16H2. The summed E-state index contributed by atoms with van der Waals surface area (Å²) in [6.07, 6.45) is 2.66. The number of likely N-dealkylation sites (tertiary alicyclic amines) is 1. The number of fused-ring (bicyclic) bond motifs is 2. The molecule has 0 aliphatic carbocycles. The molecule has 2 fully saturated rings. The monoisotopic (exact) mass is 476 g/mol. The third-order valence-corrected chi connectivity index (χ3v) is 7.12. The molecule has 3 aromatic rings. The van der Waals surface area contributed by atoms with Gasteiger partial charge < -0.3 is 9.47 Å². The largest absolute Gasteiger partial charge is 0.347 e. The number of anilines is 1. The fourth-order valence-electron chi connectivity index (χ4n) is 5.36. The molecule has 0 N–H and O–H groups in total. The molecule has 2 aromatic heterocycles. The van der Waals surface area contributed by atoms with Crippen molar-refractivity contribution in [3.63, 3.8) is 0 Å². The number of amides is 1. The van der Waals surface area contributed by atoms with Crippen LogP contribution in [0.5, 0.6) is 0 Å². The van der Waals surface area contributed by atoms with Gasteiger partial charge in [0.2, 0.25) is 0 Å². The molecule has 1 amide bonds. The van der Waals surface area contributed by atoms with Crippen LogP contribution in [0.15, 0.2) is 54.6 Å². The minimum atomic E-state index is -1.19. The molecule has 8 nitrogen and oxygen atoms in total. The fraction of sp³-hybridized carbons (Fsp3) is 0.320. The summed E-state index contributed by atoms with van der Waals surface area (Å²) in [5.41, 5.74) is 0.467. The normalized spacial score (nSPS) is 23.9. The second-order valence-electron chi connectivity index (χ2n) is 8.62. The van der Waals surface area contributed by atoms with Gasteiger partial charge in [0, 0.05) is 48.5 Å². The summed E-state index contributed by atoms with van der Waals surface area (Å²) in [5, 5.41) is 1.11. The highest BCUT2D eigenvalue weighted by Gasteiger charge is 2.56. The Hall–Kier alpha value is -3.13. The van der Waals surface area contributed by atoms with Gasteiger partial charge in [0.25, 0.3) is 5.91 Å². The first-order chi connectivity index (χ1) is 16.6. The van der Waals surface area contributed by atoms with E-state index in [0.29, 0.717) is 66.9 Å². The molecule has 1 spiro atoms. The molecule has 1 aromatic carbocycles. The molecule has 0 bridgehead atoms. The summed E-state index contributed by atoms with van der Waals surface area (Å²) in [7, 11) is 0. The summed E-state index contributed by atoms with van der Waals surface area (Å²) in [4.78, 5) is 38.4. The molecule has 1 unspecified atom stereocenters. The molecule has 5 heterocycles. The molecule has 2 saturated heterocycles. The Morgan fingerprint density at radius 2 is 1.74 bits per heavy atom. The van der Waals surface area contributed by atoms with Crippen LogP contribution >= 0.6 is 11.6 Å².